The summed E-state index contributed by atoms with van der Waals surface area (Å²) < 4.78 is 0. The van der Waals surface area contributed by atoms with Crippen LogP contribution in [0.3, 0.4) is 0 Å². The average molecular weight is 169 g/mol. The summed E-state index contributed by atoms with van der Waals surface area (Å²) in [5, 5.41) is 0. The van der Waals surface area contributed by atoms with Crippen molar-refractivity contribution in [1.29, 1.82) is 0 Å². The van der Waals surface area contributed by atoms with Crippen LogP contribution < -0.4 is 0 Å². The van der Waals surface area contributed by atoms with Crippen LogP contribution in [0.4, 0.5) is 0 Å². The Bertz CT molecular complexity index is 67.9. The van der Waals surface area contributed by atoms with Crippen LogP contribution in [0.5, 0.6) is 0 Å². The molecule has 0 saturated heterocycles. The van der Waals surface area contributed by atoms with Gasteiger partial charge in [0.05, 0.1) is 0 Å². The van der Waals surface area contributed by atoms with Crippen molar-refractivity contribution < 1.29 is 2.85 Å². The van der Waals surface area contributed by atoms with Gasteiger partial charge in [-0.2, -0.15) is 0 Å². The maximum atomic E-state index is 2.31. The molecule has 0 bridgehead atoms. The quantitative estimate of drug-likeness (QED) is 0.418. The summed E-state index contributed by atoms with van der Waals surface area (Å²) >= 11 is 0. The Labute approximate surface area is 91.3 Å². The predicted octanol–water partition coefficient (Wildman–Crippen LogP) is 3.85. The van der Waals surface area contributed by atoms with Crippen LogP contribution >= 0.6 is 0 Å². The Hall–Kier alpha value is 0.766. The molecule has 0 aliphatic rings. The topological polar surface area (TPSA) is 0 Å². The van der Waals surface area contributed by atoms with Gasteiger partial charge in [-0.05, 0) is 5.92 Å². The van der Waals surface area contributed by atoms with Gasteiger partial charge in [-0.3, -0.25) is 0 Å². The van der Waals surface area contributed by atoms with Crippen LogP contribution in [0.1, 0.15) is 62.1 Å². The van der Waals surface area contributed by atoms with E-state index >= 15 is 0 Å². The SMILES string of the molecule is CCCCCCCC(C)C.[H-].[H-].[Mg+2]. The number of hydrogen-bond donors (Lipinski definition) is 0. The Morgan fingerprint density at radius 2 is 1.55 bits per heavy atom. The van der Waals surface area contributed by atoms with Crippen molar-refractivity contribution in [2.75, 3.05) is 0 Å². The number of hydrogen-bond acceptors (Lipinski definition) is 0. The van der Waals surface area contributed by atoms with Crippen LogP contribution in [-0.4, -0.2) is 23.1 Å². The molecule has 0 N–H and O–H groups in total. The summed E-state index contributed by atoms with van der Waals surface area (Å²) in [6.07, 6.45) is 8.55. The Kier molecular flexibility index (Phi) is 14.0. The van der Waals surface area contributed by atoms with Crippen LogP contribution in [0.15, 0.2) is 0 Å². The molecule has 0 rings (SSSR count). The summed E-state index contributed by atoms with van der Waals surface area (Å²) in [5.74, 6) is 0.904. The minimum atomic E-state index is 0. The van der Waals surface area contributed by atoms with E-state index in [-0.39, 0.29) is 25.9 Å². The molecule has 0 nitrogen and oxygen atoms in total. The van der Waals surface area contributed by atoms with Crippen molar-refractivity contribution in [2.24, 2.45) is 5.92 Å². The summed E-state index contributed by atoms with van der Waals surface area (Å²) in [7, 11) is 0. The molecular formula is C10H24Mg. The molecule has 0 unspecified atom stereocenters. The van der Waals surface area contributed by atoms with Crippen molar-refractivity contribution in [3.8, 4) is 0 Å². The molecule has 66 valence electrons. The molecule has 0 spiro atoms. The van der Waals surface area contributed by atoms with E-state index in [2.05, 4.69) is 20.8 Å². The molecule has 0 aliphatic carbocycles. The largest absolute Gasteiger partial charge is 2.00 e. The molecule has 0 heterocycles. The first-order valence-corrected chi connectivity index (χ1v) is 4.77. The van der Waals surface area contributed by atoms with E-state index < -0.39 is 0 Å². The molecule has 0 saturated carbocycles. The van der Waals surface area contributed by atoms with Crippen molar-refractivity contribution in [2.45, 2.75) is 59.3 Å². The Morgan fingerprint density at radius 3 is 2.00 bits per heavy atom. The van der Waals surface area contributed by atoms with Crippen LogP contribution in [0.25, 0.3) is 0 Å². The molecule has 0 atom stereocenters. The smallest absolute Gasteiger partial charge is 1.00 e. The maximum Gasteiger partial charge on any atom is 2.00 e. The molecule has 0 fully saturated rings. The average Bonchev–Trinajstić information content (AvgIpc) is 1.87. The van der Waals surface area contributed by atoms with Gasteiger partial charge in [0.15, 0.2) is 0 Å². The van der Waals surface area contributed by atoms with Gasteiger partial charge in [0.2, 0.25) is 0 Å². The Balaban J connectivity index is -0.000000135. The zero-order chi connectivity index (χ0) is 7.82. The minimum Gasteiger partial charge on any atom is -1.00 e. The van der Waals surface area contributed by atoms with E-state index in [4.69, 9.17) is 0 Å². The maximum absolute atomic E-state index is 2.31. The van der Waals surface area contributed by atoms with Crippen LogP contribution in [0, 0.1) is 5.92 Å². The van der Waals surface area contributed by atoms with Crippen molar-refractivity contribution in [3.63, 3.8) is 0 Å². The molecule has 11 heavy (non-hydrogen) atoms. The van der Waals surface area contributed by atoms with Gasteiger partial charge < -0.3 is 2.85 Å². The first-order valence-electron chi connectivity index (χ1n) is 4.77. The summed E-state index contributed by atoms with van der Waals surface area (Å²) in [6, 6.07) is 0. The molecule has 0 aromatic heterocycles. The third-order valence-corrected chi connectivity index (χ3v) is 1.89. The normalized spacial score (nSPS) is 9.82. The monoisotopic (exact) mass is 168 g/mol. The third-order valence-electron chi connectivity index (χ3n) is 1.89. The zero-order valence-corrected chi connectivity index (χ0v) is 9.94. The van der Waals surface area contributed by atoms with E-state index in [0.717, 1.165) is 5.92 Å². The van der Waals surface area contributed by atoms with E-state index in [1.165, 1.54) is 38.5 Å². The fourth-order valence-corrected chi connectivity index (χ4v) is 1.16. The zero-order valence-electron chi connectivity index (χ0n) is 10.5. The molecule has 1 heteroatoms. The fraction of sp³-hybridized carbons (Fsp3) is 1.00. The van der Waals surface area contributed by atoms with E-state index in [9.17, 15) is 0 Å². The molecule has 0 aromatic carbocycles. The van der Waals surface area contributed by atoms with E-state index in [0.29, 0.717) is 0 Å². The standard InChI is InChI=1S/C10H22.Mg.2H/c1-4-5-6-7-8-9-10(2)3;;;/h10H,4-9H2,1-3H3;;;/q;+2;2*-1. The molecule has 0 radical (unpaired) electrons. The molecule has 0 amide bonds. The van der Waals surface area contributed by atoms with Crippen molar-refractivity contribution in [1.82, 2.24) is 0 Å². The van der Waals surface area contributed by atoms with Crippen LogP contribution in [0.2, 0.25) is 0 Å². The second-order valence-electron chi connectivity index (χ2n) is 3.60. The fourth-order valence-electron chi connectivity index (χ4n) is 1.16. The van der Waals surface area contributed by atoms with Crippen molar-refractivity contribution in [3.05, 3.63) is 0 Å². The number of unbranched alkanes of at least 4 members (excludes halogenated alkanes) is 4. The van der Waals surface area contributed by atoms with Gasteiger partial charge in [-0.25, -0.2) is 0 Å². The first-order chi connectivity index (χ1) is 4.77. The van der Waals surface area contributed by atoms with Gasteiger partial charge >= 0.3 is 23.1 Å². The molecule has 0 aliphatic heterocycles. The minimum absolute atomic E-state index is 0. The van der Waals surface area contributed by atoms with E-state index in [1.807, 2.05) is 0 Å². The van der Waals surface area contributed by atoms with Gasteiger partial charge in [0.1, 0.15) is 0 Å². The molecular weight excluding hydrogens is 144 g/mol. The second-order valence-corrected chi connectivity index (χ2v) is 3.60. The van der Waals surface area contributed by atoms with Gasteiger partial charge in [-0.15, -0.1) is 0 Å². The second kappa shape index (κ2) is 10.8. The van der Waals surface area contributed by atoms with Gasteiger partial charge in [-0.1, -0.05) is 59.3 Å². The third kappa shape index (κ3) is 13.7. The Morgan fingerprint density at radius 1 is 1.00 bits per heavy atom. The van der Waals surface area contributed by atoms with E-state index in [1.54, 1.807) is 0 Å². The van der Waals surface area contributed by atoms with Gasteiger partial charge in [0.25, 0.3) is 0 Å². The van der Waals surface area contributed by atoms with Crippen LogP contribution in [-0.2, 0) is 0 Å². The number of rotatable bonds is 6. The van der Waals surface area contributed by atoms with Gasteiger partial charge in [0, 0.05) is 0 Å². The molecule has 0 aromatic rings. The summed E-state index contributed by atoms with van der Waals surface area (Å²) in [4.78, 5) is 0. The summed E-state index contributed by atoms with van der Waals surface area (Å²) in [5.41, 5.74) is 0. The van der Waals surface area contributed by atoms with Crippen molar-refractivity contribution >= 4 is 23.1 Å². The first kappa shape index (κ1) is 14.3. The predicted molar refractivity (Wildman–Crippen MR) is 56.2 cm³/mol. The summed E-state index contributed by atoms with van der Waals surface area (Å²) in [6.45, 7) is 6.88.